The zero-order chi connectivity index (χ0) is 11.5. The summed E-state index contributed by atoms with van der Waals surface area (Å²) in [5.41, 5.74) is 0. The van der Waals surface area contributed by atoms with Crippen molar-refractivity contribution in [2.75, 3.05) is 12.3 Å². The molecule has 0 spiro atoms. The number of sulfonamides is 1. The Hall–Kier alpha value is -0.560. The highest BCUT2D eigenvalue weighted by Crippen LogP contribution is 2.19. The summed E-state index contributed by atoms with van der Waals surface area (Å²) in [6, 6.07) is 0. The second-order valence-corrected chi connectivity index (χ2v) is 6.01. The summed E-state index contributed by atoms with van der Waals surface area (Å²) in [5.74, 6) is 0.528. The van der Waals surface area contributed by atoms with Gasteiger partial charge in [-0.2, -0.15) is 0 Å². The van der Waals surface area contributed by atoms with Crippen molar-refractivity contribution >= 4 is 32.8 Å². The van der Waals surface area contributed by atoms with Crippen LogP contribution in [0.3, 0.4) is 0 Å². The molecule has 7 heteroatoms. The van der Waals surface area contributed by atoms with E-state index in [0.717, 1.165) is 11.8 Å². The van der Waals surface area contributed by atoms with E-state index in [2.05, 4.69) is 0 Å². The van der Waals surface area contributed by atoms with Gasteiger partial charge >= 0.3 is 5.91 Å². The Bertz CT molecular complexity index is 363. The van der Waals surface area contributed by atoms with Gasteiger partial charge in [0.15, 0.2) is 0 Å². The zero-order valence-corrected chi connectivity index (χ0v) is 9.94. The maximum Gasteiger partial charge on any atom is 0.314 e. The molecule has 0 unspecified atom stereocenters. The second kappa shape index (κ2) is 4.98. The van der Waals surface area contributed by atoms with E-state index in [0.29, 0.717) is 17.1 Å². The monoisotopic (exact) mass is 250 g/mol. The van der Waals surface area contributed by atoms with E-state index in [1.807, 2.05) is 0 Å². The predicted octanol–water partition coefficient (Wildman–Crippen LogP) is 0.380. The fourth-order valence-electron chi connectivity index (χ4n) is 1.19. The minimum Gasteiger partial charge on any atom is -0.276 e. The Morgan fingerprint density at radius 3 is 2.73 bits per heavy atom. The van der Waals surface area contributed by atoms with E-state index < -0.39 is 21.0 Å². The van der Waals surface area contributed by atoms with Crippen molar-refractivity contribution in [2.45, 2.75) is 19.8 Å². The summed E-state index contributed by atoms with van der Waals surface area (Å²) < 4.78 is 23.9. The van der Waals surface area contributed by atoms with Crippen molar-refractivity contribution in [3.05, 3.63) is 5.75 Å². The maximum absolute atomic E-state index is 11.6. The maximum atomic E-state index is 11.6. The zero-order valence-electron chi connectivity index (χ0n) is 8.30. The van der Waals surface area contributed by atoms with Crippen molar-refractivity contribution in [1.29, 1.82) is 0 Å². The first kappa shape index (κ1) is 12.5. The number of rotatable bonds is 3. The smallest absolute Gasteiger partial charge is 0.276 e. The van der Waals surface area contributed by atoms with E-state index in [1.54, 1.807) is 12.7 Å². The van der Waals surface area contributed by atoms with E-state index in [4.69, 9.17) is 0 Å². The molecular weight excluding hydrogens is 238 g/mol. The molecule has 15 heavy (non-hydrogen) atoms. The lowest BCUT2D eigenvalue weighted by atomic mass is 10.5. The van der Waals surface area contributed by atoms with Crippen LogP contribution in [0.15, 0.2) is 0 Å². The van der Waals surface area contributed by atoms with Gasteiger partial charge in [0.25, 0.3) is 5.12 Å². The molecule has 0 aliphatic carbocycles. The van der Waals surface area contributed by atoms with Crippen LogP contribution in [0.2, 0.25) is 0 Å². The molecule has 85 valence electrons. The van der Waals surface area contributed by atoms with E-state index in [1.165, 1.54) is 0 Å². The highest BCUT2D eigenvalue weighted by atomic mass is 32.2. The Morgan fingerprint density at radius 2 is 2.13 bits per heavy atom. The summed E-state index contributed by atoms with van der Waals surface area (Å²) in [7, 11) is -3.61. The van der Waals surface area contributed by atoms with Crippen LogP contribution in [0, 0.1) is 5.75 Å². The predicted molar refractivity (Wildman–Crippen MR) is 57.3 cm³/mol. The van der Waals surface area contributed by atoms with Gasteiger partial charge in [-0.05, 0) is 12.8 Å². The van der Waals surface area contributed by atoms with E-state index in [9.17, 15) is 18.0 Å². The van der Waals surface area contributed by atoms with Gasteiger partial charge in [-0.3, -0.25) is 9.59 Å². The largest absolute Gasteiger partial charge is 0.314 e. The second-order valence-electron chi connectivity index (χ2n) is 3.05. The summed E-state index contributed by atoms with van der Waals surface area (Å²) in [5, 5.41) is -0.729. The van der Waals surface area contributed by atoms with Crippen LogP contribution in [0.4, 0.5) is 0 Å². The average Bonchev–Trinajstić information content (AvgIpc) is 2.30. The van der Waals surface area contributed by atoms with Crippen LogP contribution < -0.4 is 0 Å². The van der Waals surface area contributed by atoms with Crippen molar-refractivity contribution in [2.24, 2.45) is 0 Å². The number of thioether (sulfide) groups is 1. The highest BCUT2D eigenvalue weighted by Gasteiger charge is 2.33. The first-order valence-corrected chi connectivity index (χ1v) is 7.05. The van der Waals surface area contributed by atoms with Crippen LogP contribution in [0.1, 0.15) is 19.8 Å². The molecule has 0 aromatic heterocycles. The minimum absolute atomic E-state index is 0.0694. The number of nitrogens with zero attached hydrogens (tertiary/aromatic N) is 1. The SMILES string of the molecule is CCCS(=O)(=O)N1CC[CH]SC(=O)C1=O. The number of hydrogen-bond acceptors (Lipinski definition) is 5. The lowest BCUT2D eigenvalue weighted by Gasteiger charge is -2.18. The third kappa shape index (κ3) is 2.94. The van der Waals surface area contributed by atoms with Crippen LogP contribution in [-0.4, -0.2) is 36.0 Å². The molecule has 1 heterocycles. The molecule has 1 amide bonds. The molecule has 1 fully saturated rings. The first-order valence-electron chi connectivity index (χ1n) is 4.56. The summed E-state index contributed by atoms with van der Waals surface area (Å²) in [6.07, 6.45) is 0.836. The molecule has 1 aliphatic rings. The molecule has 1 radical (unpaired) electrons. The summed E-state index contributed by atoms with van der Waals surface area (Å²) >= 11 is 0.765. The van der Waals surface area contributed by atoms with Gasteiger partial charge < -0.3 is 0 Å². The van der Waals surface area contributed by atoms with Crippen LogP contribution in [0.25, 0.3) is 0 Å². The van der Waals surface area contributed by atoms with Crippen LogP contribution >= 0.6 is 11.8 Å². The first-order chi connectivity index (χ1) is 6.99. The van der Waals surface area contributed by atoms with Gasteiger partial charge in [0, 0.05) is 12.3 Å². The van der Waals surface area contributed by atoms with Crippen molar-refractivity contribution in [3.63, 3.8) is 0 Å². The molecule has 1 saturated heterocycles. The summed E-state index contributed by atoms with van der Waals surface area (Å²) in [4.78, 5) is 22.6. The lowest BCUT2D eigenvalue weighted by Crippen LogP contribution is -2.40. The van der Waals surface area contributed by atoms with Gasteiger partial charge in [-0.15, -0.1) is 0 Å². The van der Waals surface area contributed by atoms with Crippen molar-refractivity contribution in [1.82, 2.24) is 4.31 Å². The Kier molecular flexibility index (Phi) is 4.15. The van der Waals surface area contributed by atoms with Gasteiger partial charge in [0.1, 0.15) is 0 Å². The fourth-order valence-corrected chi connectivity index (χ4v) is 3.29. The quantitative estimate of drug-likeness (QED) is 0.677. The van der Waals surface area contributed by atoms with Crippen molar-refractivity contribution < 1.29 is 18.0 Å². The van der Waals surface area contributed by atoms with Crippen LogP contribution in [0.5, 0.6) is 0 Å². The number of hydrogen-bond donors (Lipinski definition) is 0. The average molecular weight is 250 g/mol. The molecule has 0 saturated carbocycles. The van der Waals surface area contributed by atoms with Gasteiger partial charge in [0.05, 0.1) is 5.75 Å². The third-order valence-electron chi connectivity index (χ3n) is 1.84. The van der Waals surface area contributed by atoms with Gasteiger partial charge in [-0.25, -0.2) is 12.7 Å². The molecule has 0 N–H and O–H groups in total. The molecule has 1 aliphatic heterocycles. The number of amides is 1. The molecule has 1 rings (SSSR count). The normalized spacial score (nSPS) is 19.1. The Morgan fingerprint density at radius 1 is 1.47 bits per heavy atom. The Balaban J connectivity index is 2.92. The standard InChI is InChI=1S/C8H12NO4S2/c1-2-6-15(12,13)9-4-3-5-14-8(11)7(9)10/h5H,2-4,6H2,1H3. The summed E-state index contributed by atoms with van der Waals surface area (Å²) in [6.45, 7) is 1.78. The number of carbonyl (C=O) groups excluding carboxylic acids is 2. The molecule has 0 aromatic carbocycles. The third-order valence-corrected chi connectivity index (χ3v) is 4.57. The van der Waals surface area contributed by atoms with Gasteiger partial charge in [0.2, 0.25) is 10.0 Å². The number of carbonyl (C=O) groups is 2. The lowest BCUT2D eigenvalue weighted by molar-refractivity contribution is -0.136. The van der Waals surface area contributed by atoms with E-state index in [-0.39, 0.29) is 12.3 Å². The van der Waals surface area contributed by atoms with Crippen molar-refractivity contribution in [3.8, 4) is 0 Å². The fraction of sp³-hybridized carbons (Fsp3) is 0.625. The van der Waals surface area contributed by atoms with Gasteiger partial charge in [-0.1, -0.05) is 18.7 Å². The highest BCUT2D eigenvalue weighted by molar-refractivity contribution is 8.17. The molecule has 0 aromatic rings. The van der Waals surface area contributed by atoms with Crippen LogP contribution in [-0.2, 0) is 19.6 Å². The minimum atomic E-state index is -3.61. The molecule has 5 nitrogen and oxygen atoms in total. The Labute approximate surface area is 93.3 Å². The molecule has 0 atom stereocenters. The molecular formula is C8H12NO4S2. The van der Waals surface area contributed by atoms with E-state index >= 15 is 0 Å². The topological polar surface area (TPSA) is 71.5 Å². The molecule has 0 bridgehead atoms.